The van der Waals surface area contributed by atoms with Crippen molar-refractivity contribution in [2.24, 2.45) is 0 Å². The molecule has 1 aromatic carbocycles. The first-order valence-corrected chi connectivity index (χ1v) is 7.76. The molecule has 0 amide bonds. The minimum Gasteiger partial charge on any atom is -0.454 e. The summed E-state index contributed by atoms with van der Waals surface area (Å²) in [5.74, 6) is 0.0332. The van der Waals surface area contributed by atoms with E-state index in [0.717, 1.165) is 11.1 Å². The van der Waals surface area contributed by atoms with Gasteiger partial charge in [0.05, 0.1) is 22.5 Å². The Labute approximate surface area is 137 Å². The van der Waals surface area contributed by atoms with E-state index in [0.29, 0.717) is 34.1 Å². The molecule has 5 nitrogen and oxygen atoms in total. The van der Waals surface area contributed by atoms with Crippen molar-refractivity contribution < 1.29 is 13.9 Å². The van der Waals surface area contributed by atoms with Crippen molar-refractivity contribution in [3.63, 3.8) is 0 Å². The van der Waals surface area contributed by atoms with Crippen LogP contribution in [0.25, 0.3) is 27.5 Å². The molecule has 0 radical (unpaired) electrons. The fourth-order valence-corrected chi connectivity index (χ4v) is 3.05. The molecule has 120 valence electrons. The van der Waals surface area contributed by atoms with Gasteiger partial charge in [0.2, 0.25) is 5.43 Å². The molecule has 0 aliphatic rings. The number of esters is 1. The monoisotopic (exact) mass is 321 g/mol. The van der Waals surface area contributed by atoms with Crippen LogP contribution >= 0.6 is 0 Å². The first-order chi connectivity index (χ1) is 11.6. The summed E-state index contributed by atoms with van der Waals surface area (Å²) < 4.78 is 13.0. The van der Waals surface area contributed by atoms with Gasteiger partial charge in [0.1, 0.15) is 11.3 Å². The fraction of sp³-hybridized carbons (Fsp3) is 0.158. The van der Waals surface area contributed by atoms with Gasteiger partial charge in [0.25, 0.3) is 0 Å². The molecule has 0 N–H and O–H groups in total. The van der Waals surface area contributed by atoms with Crippen LogP contribution in [0.3, 0.4) is 0 Å². The van der Waals surface area contributed by atoms with Crippen molar-refractivity contribution in [2.75, 3.05) is 0 Å². The molecule has 4 rings (SSSR count). The third-order valence-corrected chi connectivity index (χ3v) is 4.14. The van der Waals surface area contributed by atoms with Crippen molar-refractivity contribution in [3.05, 3.63) is 58.5 Å². The Balaban J connectivity index is 2.12. The number of rotatable bonds is 2. The van der Waals surface area contributed by atoms with E-state index in [1.807, 2.05) is 35.7 Å². The first-order valence-electron chi connectivity index (χ1n) is 7.76. The molecule has 0 saturated heterocycles. The van der Waals surface area contributed by atoms with Crippen LogP contribution in [0.4, 0.5) is 0 Å². The Kier molecular flexibility index (Phi) is 3.16. The van der Waals surface area contributed by atoms with Crippen LogP contribution in [-0.2, 0) is 11.2 Å². The normalized spacial score (nSPS) is 11.4. The zero-order chi connectivity index (χ0) is 16.8. The summed E-state index contributed by atoms with van der Waals surface area (Å²) in [6, 6.07) is 9.05. The van der Waals surface area contributed by atoms with Gasteiger partial charge in [-0.3, -0.25) is 9.59 Å². The highest BCUT2D eigenvalue weighted by atomic mass is 16.5. The van der Waals surface area contributed by atoms with Crippen LogP contribution in [0.1, 0.15) is 19.4 Å². The van der Waals surface area contributed by atoms with Gasteiger partial charge >= 0.3 is 5.97 Å². The first kappa shape index (κ1) is 14.5. The highest BCUT2D eigenvalue weighted by Gasteiger charge is 2.16. The van der Waals surface area contributed by atoms with Crippen molar-refractivity contribution >= 4 is 33.4 Å². The van der Waals surface area contributed by atoms with Gasteiger partial charge in [-0.05, 0) is 30.2 Å². The molecule has 0 bridgehead atoms. The summed E-state index contributed by atoms with van der Waals surface area (Å²) in [5, 5.41) is 1.05. The summed E-state index contributed by atoms with van der Waals surface area (Å²) in [4.78, 5) is 24.3. The summed E-state index contributed by atoms with van der Waals surface area (Å²) in [6.45, 7) is 3.30. The molecule has 3 aromatic heterocycles. The van der Waals surface area contributed by atoms with Gasteiger partial charge < -0.3 is 13.6 Å². The number of fused-ring (bicyclic) bond motifs is 4. The van der Waals surface area contributed by atoms with E-state index < -0.39 is 5.97 Å². The Morgan fingerprint density at radius 1 is 1.25 bits per heavy atom. The van der Waals surface area contributed by atoms with Crippen LogP contribution in [-0.4, -0.2) is 10.4 Å². The number of aryl methyl sites for hydroxylation is 1. The number of ether oxygens (including phenoxy) is 1. The molecule has 0 spiro atoms. The molecule has 5 heteroatoms. The van der Waals surface area contributed by atoms with Crippen molar-refractivity contribution in [1.29, 1.82) is 0 Å². The van der Waals surface area contributed by atoms with E-state index >= 15 is 0 Å². The van der Waals surface area contributed by atoms with E-state index in [4.69, 9.17) is 9.15 Å². The number of pyridine rings is 1. The van der Waals surface area contributed by atoms with E-state index in [-0.39, 0.29) is 5.43 Å². The molecule has 4 aromatic rings. The fourth-order valence-electron chi connectivity index (χ4n) is 3.05. The highest BCUT2D eigenvalue weighted by Crippen LogP contribution is 2.29. The lowest BCUT2D eigenvalue weighted by molar-refractivity contribution is -0.131. The quantitative estimate of drug-likeness (QED) is 0.417. The second-order valence-electron chi connectivity index (χ2n) is 5.70. The molecule has 24 heavy (non-hydrogen) atoms. The largest absolute Gasteiger partial charge is 0.454 e. The number of carbonyl (C=O) groups excluding carboxylic acids is 1. The maximum Gasteiger partial charge on any atom is 0.308 e. The standard InChI is InChI=1S/C19H15NO4/c1-3-12-8-13-16(9-15(12)23-11(2)21)24-17-10-20-7-5-4-6-14(20)18(17)19(13)22/h4-10H,3H2,1-2H3. The number of aromatic nitrogens is 1. The zero-order valence-corrected chi connectivity index (χ0v) is 13.3. The lowest BCUT2D eigenvalue weighted by atomic mass is 10.1. The Morgan fingerprint density at radius 3 is 2.83 bits per heavy atom. The maximum absolute atomic E-state index is 13.0. The second kappa shape index (κ2) is 5.23. The predicted molar refractivity (Wildman–Crippen MR) is 91.6 cm³/mol. The highest BCUT2D eigenvalue weighted by molar-refractivity contribution is 6.00. The van der Waals surface area contributed by atoms with Gasteiger partial charge in [-0.2, -0.15) is 0 Å². The number of carbonyl (C=O) groups is 1. The molecular formula is C19H15NO4. The molecule has 3 heterocycles. The number of nitrogens with zero attached hydrogens (tertiary/aromatic N) is 1. The summed E-state index contributed by atoms with van der Waals surface area (Å²) in [5.41, 5.74) is 2.45. The third kappa shape index (κ3) is 2.09. The van der Waals surface area contributed by atoms with Gasteiger partial charge in [0.15, 0.2) is 5.58 Å². The van der Waals surface area contributed by atoms with Crippen molar-refractivity contribution in [3.8, 4) is 5.75 Å². The van der Waals surface area contributed by atoms with Crippen molar-refractivity contribution in [2.45, 2.75) is 20.3 Å². The third-order valence-electron chi connectivity index (χ3n) is 4.14. The molecule has 0 aliphatic carbocycles. The molecule has 0 unspecified atom stereocenters. The van der Waals surface area contributed by atoms with Crippen LogP contribution in [0.2, 0.25) is 0 Å². The van der Waals surface area contributed by atoms with Crippen LogP contribution < -0.4 is 10.2 Å². The summed E-state index contributed by atoms with van der Waals surface area (Å²) in [7, 11) is 0. The van der Waals surface area contributed by atoms with Gasteiger partial charge in [-0.1, -0.05) is 13.0 Å². The molecular weight excluding hydrogens is 306 g/mol. The molecule has 0 saturated carbocycles. The Bertz CT molecular complexity index is 1170. The molecule has 0 atom stereocenters. The van der Waals surface area contributed by atoms with E-state index in [2.05, 4.69) is 0 Å². The number of hydrogen-bond acceptors (Lipinski definition) is 4. The molecule has 0 fully saturated rings. The van der Waals surface area contributed by atoms with E-state index in [9.17, 15) is 9.59 Å². The van der Waals surface area contributed by atoms with Crippen LogP contribution in [0.5, 0.6) is 5.75 Å². The smallest absolute Gasteiger partial charge is 0.308 e. The topological polar surface area (TPSA) is 60.9 Å². The minimum atomic E-state index is -0.401. The number of hydrogen-bond donors (Lipinski definition) is 0. The van der Waals surface area contributed by atoms with E-state index in [1.54, 1.807) is 18.3 Å². The Hall–Kier alpha value is -3.08. The SMILES string of the molecule is CCc1cc2c(=O)c3c(cn4ccccc34)oc2cc1OC(C)=O. The molecule has 0 aliphatic heterocycles. The maximum atomic E-state index is 13.0. The van der Waals surface area contributed by atoms with Gasteiger partial charge in [-0.15, -0.1) is 0 Å². The van der Waals surface area contributed by atoms with Gasteiger partial charge in [-0.25, -0.2) is 0 Å². The van der Waals surface area contributed by atoms with Crippen LogP contribution in [0.15, 0.2) is 51.9 Å². The Morgan fingerprint density at radius 2 is 2.08 bits per heavy atom. The lowest BCUT2D eigenvalue weighted by Crippen LogP contribution is -2.06. The average Bonchev–Trinajstić information content (AvgIpc) is 2.92. The lowest BCUT2D eigenvalue weighted by Gasteiger charge is -2.08. The van der Waals surface area contributed by atoms with Crippen molar-refractivity contribution in [1.82, 2.24) is 4.40 Å². The average molecular weight is 321 g/mol. The summed E-state index contributed by atoms with van der Waals surface area (Å²) in [6.07, 6.45) is 4.30. The predicted octanol–water partition coefficient (Wildman–Crippen LogP) is 3.69. The summed E-state index contributed by atoms with van der Waals surface area (Å²) >= 11 is 0. The van der Waals surface area contributed by atoms with E-state index in [1.165, 1.54) is 6.92 Å². The van der Waals surface area contributed by atoms with Crippen LogP contribution in [0, 0.1) is 0 Å². The second-order valence-corrected chi connectivity index (χ2v) is 5.70. The minimum absolute atomic E-state index is 0.0796. The van der Waals surface area contributed by atoms with Gasteiger partial charge in [0, 0.05) is 19.2 Å². The number of benzene rings is 1. The zero-order valence-electron chi connectivity index (χ0n) is 13.3.